The molecule has 0 radical (unpaired) electrons. The van der Waals surface area contributed by atoms with Gasteiger partial charge in [-0.2, -0.15) is 0 Å². The minimum Gasteiger partial charge on any atom is -0.492 e. The van der Waals surface area contributed by atoms with Gasteiger partial charge in [-0.15, -0.1) is 0 Å². The molecule has 0 aliphatic heterocycles. The topological polar surface area (TPSA) is 75.7 Å². The van der Waals surface area contributed by atoms with E-state index in [-0.39, 0.29) is 23.9 Å². The lowest BCUT2D eigenvalue weighted by Crippen LogP contribution is -2.38. The van der Waals surface area contributed by atoms with Gasteiger partial charge in [-0.05, 0) is 50.1 Å². The van der Waals surface area contributed by atoms with E-state index in [0.717, 1.165) is 5.56 Å². The Morgan fingerprint density at radius 3 is 2.52 bits per heavy atom. The minimum absolute atomic E-state index is 0.0930. The van der Waals surface area contributed by atoms with Crippen molar-refractivity contribution < 1.29 is 17.9 Å². The highest BCUT2D eigenvalue weighted by Crippen LogP contribution is 2.28. The molecule has 0 aliphatic rings. The van der Waals surface area contributed by atoms with E-state index < -0.39 is 10.0 Å². The van der Waals surface area contributed by atoms with Crippen molar-refractivity contribution in [3.05, 3.63) is 53.6 Å². The molecule has 7 heteroatoms. The number of aryl methyl sites for hydroxylation is 2. The molecular weight excluding hydrogens is 364 g/mol. The van der Waals surface area contributed by atoms with Crippen LogP contribution in [-0.2, 0) is 14.8 Å². The lowest BCUT2D eigenvalue weighted by atomic mass is 10.2. The molecule has 0 bridgehead atoms. The molecule has 0 saturated heterocycles. The normalized spacial score (nSPS) is 11.3. The van der Waals surface area contributed by atoms with E-state index in [4.69, 9.17) is 4.74 Å². The van der Waals surface area contributed by atoms with Gasteiger partial charge in [-0.3, -0.25) is 4.79 Å². The second kappa shape index (κ2) is 9.01. The van der Waals surface area contributed by atoms with Crippen LogP contribution in [0, 0.1) is 13.8 Å². The number of nitrogens with one attached hydrogen (secondary N) is 1. The van der Waals surface area contributed by atoms with Crippen molar-refractivity contribution in [2.45, 2.75) is 32.6 Å². The maximum absolute atomic E-state index is 12.6. The van der Waals surface area contributed by atoms with Crippen molar-refractivity contribution in [3.8, 4) is 5.75 Å². The smallest absolute Gasteiger partial charge is 0.240 e. The van der Waals surface area contributed by atoms with E-state index in [1.54, 1.807) is 31.2 Å². The van der Waals surface area contributed by atoms with Crippen LogP contribution in [0.2, 0.25) is 0 Å². The van der Waals surface area contributed by atoms with Crippen LogP contribution in [0.15, 0.2) is 47.4 Å². The monoisotopic (exact) mass is 390 g/mol. The highest BCUT2D eigenvalue weighted by Gasteiger charge is 2.19. The van der Waals surface area contributed by atoms with Gasteiger partial charge in [0.05, 0.1) is 17.2 Å². The van der Waals surface area contributed by atoms with E-state index in [2.05, 4.69) is 4.72 Å². The predicted molar refractivity (Wildman–Crippen MR) is 107 cm³/mol. The predicted octanol–water partition coefficient (Wildman–Crippen LogP) is 3.03. The summed E-state index contributed by atoms with van der Waals surface area (Å²) in [5.74, 6) is 0.403. The third kappa shape index (κ3) is 5.30. The fourth-order valence-electron chi connectivity index (χ4n) is 2.77. The molecule has 1 amide bonds. The highest BCUT2D eigenvalue weighted by atomic mass is 32.2. The van der Waals surface area contributed by atoms with Gasteiger partial charge in [-0.1, -0.05) is 24.3 Å². The molecule has 0 spiro atoms. The zero-order valence-corrected chi connectivity index (χ0v) is 17.0. The Morgan fingerprint density at radius 2 is 1.85 bits per heavy atom. The maximum atomic E-state index is 12.6. The lowest BCUT2D eigenvalue weighted by molar-refractivity contribution is -0.116. The van der Waals surface area contributed by atoms with Crippen molar-refractivity contribution in [2.24, 2.45) is 0 Å². The van der Waals surface area contributed by atoms with E-state index in [9.17, 15) is 13.2 Å². The molecule has 2 aromatic rings. The molecule has 0 aromatic heterocycles. The summed E-state index contributed by atoms with van der Waals surface area (Å²) in [6.07, 6.45) is 0. The zero-order chi connectivity index (χ0) is 20.0. The first kappa shape index (κ1) is 20.9. The standard InChI is InChI=1S/C20H26N2O4S/c1-5-26-19-9-7-6-8-18(19)22(17(4)23)13-12-21-27(24,25)20-14-15(2)10-11-16(20)3/h6-11,14,21H,5,12-13H2,1-4H3. The Kier molecular flexibility index (Phi) is 6.98. The zero-order valence-electron chi connectivity index (χ0n) is 16.2. The Labute approximate surface area is 161 Å². The molecule has 0 aliphatic carbocycles. The highest BCUT2D eigenvalue weighted by molar-refractivity contribution is 7.89. The van der Waals surface area contributed by atoms with E-state index in [1.165, 1.54) is 11.8 Å². The number of amides is 1. The van der Waals surface area contributed by atoms with Crippen molar-refractivity contribution in [2.75, 3.05) is 24.6 Å². The number of para-hydroxylation sites is 2. The minimum atomic E-state index is -3.66. The molecule has 0 saturated carbocycles. The van der Waals surface area contributed by atoms with Crippen LogP contribution in [0.5, 0.6) is 5.75 Å². The van der Waals surface area contributed by atoms with Crippen molar-refractivity contribution in [3.63, 3.8) is 0 Å². The van der Waals surface area contributed by atoms with E-state index in [1.807, 2.05) is 32.0 Å². The number of anilines is 1. The summed E-state index contributed by atoms with van der Waals surface area (Å²) < 4.78 is 33.4. The number of rotatable bonds is 8. The SMILES string of the molecule is CCOc1ccccc1N(CCNS(=O)(=O)c1cc(C)ccc1C)C(C)=O. The molecule has 27 heavy (non-hydrogen) atoms. The number of carbonyl (C=O) groups is 1. The van der Waals surface area contributed by atoms with Crippen LogP contribution in [0.3, 0.4) is 0 Å². The first-order valence-electron chi connectivity index (χ1n) is 8.83. The number of nitrogens with zero attached hydrogens (tertiary/aromatic N) is 1. The first-order chi connectivity index (χ1) is 12.8. The Hall–Kier alpha value is -2.38. The van der Waals surface area contributed by atoms with Crippen LogP contribution in [0.1, 0.15) is 25.0 Å². The van der Waals surface area contributed by atoms with Gasteiger partial charge >= 0.3 is 0 Å². The number of carbonyl (C=O) groups excluding carboxylic acids is 1. The summed E-state index contributed by atoms with van der Waals surface area (Å²) in [6, 6.07) is 12.5. The lowest BCUT2D eigenvalue weighted by Gasteiger charge is -2.24. The van der Waals surface area contributed by atoms with Crippen LogP contribution in [0.25, 0.3) is 0 Å². The molecule has 1 N–H and O–H groups in total. The van der Waals surface area contributed by atoms with Gasteiger partial charge in [-0.25, -0.2) is 13.1 Å². The molecule has 0 fully saturated rings. The first-order valence-corrected chi connectivity index (χ1v) is 10.3. The van der Waals surface area contributed by atoms with Crippen LogP contribution in [0.4, 0.5) is 5.69 Å². The third-order valence-corrected chi connectivity index (χ3v) is 5.70. The molecule has 0 atom stereocenters. The molecule has 0 unspecified atom stereocenters. The van der Waals surface area contributed by atoms with Gasteiger partial charge in [0.25, 0.3) is 0 Å². The summed E-state index contributed by atoms with van der Waals surface area (Å²) in [4.78, 5) is 13.9. The van der Waals surface area contributed by atoms with E-state index in [0.29, 0.717) is 23.6 Å². The van der Waals surface area contributed by atoms with Crippen molar-refractivity contribution in [1.29, 1.82) is 0 Å². The Bertz CT molecular complexity index is 910. The number of sulfonamides is 1. The number of hydrogen-bond acceptors (Lipinski definition) is 4. The molecular formula is C20H26N2O4S. The Morgan fingerprint density at radius 1 is 1.15 bits per heavy atom. The maximum Gasteiger partial charge on any atom is 0.240 e. The summed E-state index contributed by atoms with van der Waals surface area (Å²) in [5, 5.41) is 0. The Balaban J connectivity index is 2.16. The van der Waals surface area contributed by atoms with Gasteiger partial charge in [0.15, 0.2) is 0 Å². The quantitative estimate of drug-likeness (QED) is 0.752. The molecule has 6 nitrogen and oxygen atoms in total. The van der Waals surface area contributed by atoms with Crippen molar-refractivity contribution >= 4 is 21.6 Å². The second-order valence-electron chi connectivity index (χ2n) is 6.24. The van der Waals surface area contributed by atoms with Crippen LogP contribution in [-0.4, -0.2) is 34.0 Å². The fourth-order valence-corrected chi connectivity index (χ4v) is 4.12. The average Bonchev–Trinajstić information content (AvgIpc) is 2.61. The third-order valence-electron chi connectivity index (χ3n) is 4.10. The number of hydrogen-bond donors (Lipinski definition) is 1. The summed E-state index contributed by atoms with van der Waals surface area (Å²) in [6.45, 7) is 7.69. The largest absolute Gasteiger partial charge is 0.492 e. The summed E-state index contributed by atoms with van der Waals surface area (Å²) >= 11 is 0. The van der Waals surface area contributed by atoms with Gasteiger partial charge < -0.3 is 9.64 Å². The van der Waals surface area contributed by atoms with Gasteiger partial charge in [0, 0.05) is 20.0 Å². The molecule has 0 heterocycles. The van der Waals surface area contributed by atoms with Gasteiger partial charge in [0.1, 0.15) is 5.75 Å². The second-order valence-corrected chi connectivity index (χ2v) is 7.97. The molecule has 146 valence electrons. The number of ether oxygens (including phenoxy) is 1. The molecule has 2 rings (SSSR count). The van der Waals surface area contributed by atoms with Gasteiger partial charge in [0.2, 0.25) is 15.9 Å². The van der Waals surface area contributed by atoms with E-state index >= 15 is 0 Å². The molecule has 2 aromatic carbocycles. The summed E-state index contributed by atoms with van der Waals surface area (Å²) in [7, 11) is -3.66. The van der Waals surface area contributed by atoms with Crippen molar-refractivity contribution in [1.82, 2.24) is 4.72 Å². The average molecular weight is 391 g/mol. The number of benzene rings is 2. The summed E-state index contributed by atoms with van der Waals surface area (Å²) in [5.41, 5.74) is 2.17. The van der Waals surface area contributed by atoms with Crippen LogP contribution >= 0.6 is 0 Å². The fraction of sp³-hybridized carbons (Fsp3) is 0.350. The van der Waals surface area contributed by atoms with Crippen LogP contribution < -0.4 is 14.4 Å².